The number of fused-ring (bicyclic) bond motifs is 1. The first-order valence-electron chi connectivity index (χ1n) is 7.23. The molecule has 4 nitrogen and oxygen atoms in total. The minimum Gasteiger partial charge on any atom is -0.383 e. The van der Waals surface area contributed by atoms with E-state index in [0.29, 0.717) is 5.92 Å². The van der Waals surface area contributed by atoms with Gasteiger partial charge in [-0.2, -0.15) is 0 Å². The van der Waals surface area contributed by atoms with Crippen LogP contribution >= 0.6 is 0 Å². The summed E-state index contributed by atoms with van der Waals surface area (Å²) < 4.78 is 2.09. The number of rotatable bonds is 3. The number of nitrogens with two attached hydrogens (primary N) is 1. The molecule has 0 aliphatic rings. The van der Waals surface area contributed by atoms with Crippen LogP contribution in [0.1, 0.15) is 19.7 Å². The highest BCUT2D eigenvalue weighted by atomic mass is 15.1. The van der Waals surface area contributed by atoms with Crippen LogP contribution in [0, 0.1) is 12.8 Å². The number of hydrogen-bond acceptors (Lipinski definition) is 3. The molecule has 0 spiro atoms. The molecule has 0 saturated carbocycles. The molecule has 0 unspecified atom stereocenters. The lowest BCUT2D eigenvalue weighted by Crippen LogP contribution is -2.09. The zero-order chi connectivity index (χ0) is 15.0. The largest absolute Gasteiger partial charge is 0.383 e. The monoisotopic (exact) mass is 280 g/mol. The van der Waals surface area contributed by atoms with Gasteiger partial charge in [0.25, 0.3) is 0 Å². The summed E-state index contributed by atoms with van der Waals surface area (Å²) in [6, 6.07) is 8.18. The van der Waals surface area contributed by atoms with Gasteiger partial charge in [0.2, 0.25) is 0 Å². The first-order chi connectivity index (χ1) is 10.1. The maximum absolute atomic E-state index is 6.35. The maximum atomic E-state index is 6.35. The molecular formula is C17H20N4. The molecule has 2 aromatic heterocycles. The number of aromatic nitrogens is 3. The number of aryl methyl sites for hydroxylation is 1. The van der Waals surface area contributed by atoms with Crippen molar-refractivity contribution in [1.29, 1.82) is 0 Å². The van der Waals surface area contributed by atoms with Gasteiger partial charge in [-0.15, -0.1) is 0 Å². The molecule has 3 aromatic rings. The Balaban J connectivity index is 2.20. The Bertz CT molecular complexity index is 781. The highest BCUT2D eigenvalue weighted by molar-refractivity contribution is 5.96. The third kappa shape index (κ3) is 2.37. The van der Waals surface area contributed by atoms with Crippen LogP contribution in [-0.2, 0) is 6.54 Å². The molecule has 0 radical (unpaired) electrons. The van der Waals surface area contributed by atoms with Gasteiger partial charge in [0.05, 0.1) is 0 Å². The lowest BCUT2D eigenvalue weighted by Gasteiger charge is -2.10. The molecule has 0 aliphatic heterocycles. The Morgan fingerprint density at radius 2 is 1.95 bits per heavy atom. The molecule has 0 bridgehead atoms. The number of anilines is 1. The Hall–Kier alpha value is -2.36. The number of nitrogens with zero attached hydrogens (tertiary/aromatic N) is 3. The average Bonchev–Trinajstić information content (AvgIpc) is 2.74. The topological polar surface area (TPSA) is 56.7 Å². The summed E-state index contributed by atoms with van der Waals surface area (Å²) in [7, 11) is 0. The third-order valence-corrected chi connectivity index (χ3v) is 3.67. The molecule has 0 aliphatic carbocycles. The van der Waals surface area contributed by atoms with Crippen LogP contribution in [0.3, 0.4) is 0 Å². The second kappa shape index (κ2) is 5.20. The fraction of sp³-hybridized carbons (Fsp3) is 0.294. The highest BCUT2D eigenvalue weighted by Gasteiger charge is 2.16. The first kappa shape index (κ1) is 13.6. The van der Waals surface area contributed by atoms with Gasteiger partial charge in [0, 0.05) is 29.9 Å². The molecule has 1 aromatic carbocycles. The zero-order valence-electron chi connectivity index (χ0n) is 12.7. The third-order valence-electron chi connectivity index (χ3n) is 3.67. The van der Waals surface area contributed by atoms with Gasteiger partial charge < -0.3 is 10.3 Å². The molecule has 108 valence electrons. The van der Waals surface area contributed by atoms with Crippen molar-refractivity contribution in [3.8, 4) is 11.3 Å². The molecule has 2 heterocycles. The van der Waals surface area contributed by atoms with Crippen molar-refractivity contribution < 1.29 is 0 Å². The number of nitrogen functional groups attached to an aromatic ring is 1. The van der Waals surface area contributed by atoms with Gasteiger partial charge in [-0.05, 0) is 18.2 Å². The van der Waals surface area contributed by atoms with Crippen LogP contribution in [0.15, 0.2) is 36.7 Å². The van der Waals surface area contributed by atoms with Gasteiger partial charge in [-0.25, -0.2) is 4.98 Å². The van der Waals surface area contributed by atoms with Crippen molar-refractivity contribution in [3.63, 3.8) is 0 Å². The van der Waals surface area contributed by atoms with Crippen molar-refractivity contribution in [3.05, 3.63) is 42.5 Å². The fourth-order valence-corrected chi connectivity index (χ4v) is 2.68. The van der Waals surface area contributed by atoms with E-state index in [1.54, 1.807) is 0 Å². The molecule has 0 atom stereocenters. The van der Waals surface area contributed by atoms with Crippen molar-refractivity contribution in [2.45, 2.75) is 27.3 Å². The SMILES string of the molecule is Cc1nc(-c2cncc3ccccc23)c(N)n1CC(C)C. The summed E-state index contributed by atoms with van der Waals surface area (Å²) in [4.78, 5) is 9.01. The van der Waals surface area contributed by atoms with Gasteiger partial charge >= 0.3 is 0 Å². The maximum Gasteiger partial charge on any atom is 0.131 e. The summed E-state index contributed by atoms with van der Waals surface area (Å²) in [5, 5.41) is 2.24. The summed E-state index contributed by atoms with van der Waals surface area (Å²) >= 11 is 0. The number of pyridine rings is 1. The molecule has 0 fully saturated rings. The summed E-state index contributed by atoms with van der Waals surface area (Å²) in [6.45, 7) is 7.24. The molecule has 4 heteroatoms. The Morgan fingerprint density at radius 3 is 2.71 bits per heavy atom. The standard InChI is InChI=1S/C17H20N4/c1-11(2)10-21-12(3)20-16(17(21)18)15-9-19-8-13-6-4-5-7-14(13)15/h4-9,11H,10,18H2,1-3H3. The van der Waals surface area contributed by atoms with E-state index >= 15 is 0 Å². The van der Waals surface area contributed by atoms with E-state index in [4.69, 9.17) is 5.73 Å². The number of hydrogen-bond donors (Lipinski definition) is 1. The summed E-state index contributed by atoms with van der Waals surface area (Å²) in [6.07, 6.45) is 3.72. The van der Waals surface area contributed by atoms with Crippen LogP contribution in [-0.4, -0.2) is 14.5 Å². The number of benzene rings is 1. The van der Waals surface area contributed by atoms with E-state index in [1.165, 1.54) is 0 Å². The predicted molar refractivity (Wildman–Crippen MR) is 87.0 cm³/mol. The highest BCUT2D eigenvalue weighted by Crippen LogP contribution is 2.31. The first-order valence-corrected chi connectivity index (χ1v) is 7.23. The van der Waals surface area contributed by atoms with Crippen LogP contribution in [0.5, 0.6) is 0 Å². The average molecular weight is 280 g/mol. The summed E-state index contributed by atoms with van der Waals surface area (Å²) in [5.41, 5.74) is 8.18. The second-order valence-corrected chi connectivity index (χ2v) is 5.81. The van der Waals surface area contributed by atoms with Crippen molar-refractivity contribution >= 4 is 16.6 Å². The van der Waals surface area contributed by atoms with Crippen molar-refractivity contribution in [2.24, 2.45) is 5.92 Å². The van der Waals surface area contributed by atoms with Crippen LogP contribution in [0.4, 0.5) is 5.82 Å². The fourth-order valence-electron chi connectivity index (χ4n) is 2.68. The van der Waals surface area contributed by atoms with Crippen LogP contribution in [0.2, 0.25) is 0 Å². The second-order valence-electron chi connectivity index (χ2n) is 5.81. The smallest absolute Gasteiger partial charge is 0.131 e. The Labute approximate surface area is 124 Å². The van der Waals surface area contributed by atoms with Crippen molar-refractivity contribution in [2.75, 3.05) is 5.73 Å². The van der Waals surface area contributed by atoms with Gasteiger partial charge in [-0.1, -0.05) is 38.1 Å². The zero-order valence-corrected chi connectivity index (χ0v) is 12.7. The van der Waals surface area contributed by atoms with Gasteiger partial charge in [-0.3, -0.25) is 4.98 Å². The molecule has 21 heavy (non-hydrogen) atoms. The molecule has 0 saturated heterocycles. The predicted octanol–water partition coefficient (Wildman–Crippen LogP) is 3.64. The number of imidazole rings is 1. The Kier molecular flexibility index (Phi) is 3.37. The van der Waals surface area contributed by atoms with Crippen molar-refractivity contribution in [1.82, 2.24) is 14.5 Å². The normalized spacial score (nSPS) is 11.4. The Morgan fingerprint density at radius 1 is 1.19 bits per heavy atom. The minimum atomic E-state index is 0.527. The summed E-state index contributed by atoms with van der Waals surface area (Å²) in [5.74, 6) is 2.20. The lowest BCUT2D eigenvalue weighted by atomic mass is 10.1. The van der Waals surface area contributed by atoms with Crippen LogP contribution in [0.25, 0.3) is 22.0 Å². The van der Waals surface area contributed by atoms with E-state index in [2.05, 4.69) is 40.5 Å². The van der Waals surface area contributed by atoms with Gasteiger partial charge in [0.1, 0.15) is 17.3 Å². The lowest BCUT2D eigenvalue weighted by molar-refractivity contribution is 0.518. The van der Waals surface area contributed by atoms with E-state index in [1.807, 2.05) is 31.5 Å². The van der Waals surface area contributed by atoms with E-state index in [-0.39, 0.29) is 0 Å². The van der Waals surface area contributed by atoms with Crippen LogP contribution < -0.4 is 5.73 Å². The van der Waals surface area contributed by atoms with Gasteiger partial charge in [0.15, 0.2) is 0 Å². The molecule has 0 amide bonds. The molecule has 3 rings (SSSR count). The van der Waals surface area contributed by atoms with E-state index in [0.717, 1.165) is 40.2 Å². The van der Waals surface area contributed by atoms with E-state index in [9.17, 15) is 0 Å². The quantitative estimate of drug-likeness (QED) is 0.796. The minimum absolute atomic E-state index is 0.527. The van der Waals surface area contributed by atoms with E-state index < -0.39 is 0 Å². The molecule has 2 N–H and O–H groups in total. The molecular weight excluding hydrogens is 260 g/mol.